The molecule has 0 spiro atoms. The lowest BCUT2D eigenvalue weighted by Gasteiger charge is -2.22. The number of sulfone groups is 1. The molecule has 0 fully saturated rings. The lowest BCUT2D eigenvalue weighted by atomic mass is 10.1. The number of carboxylic acids is 1. The lowest BCUT2D eigenvalue weighted by molar-refractivity contribution is -0.155. The van der Waals surface area contributed by atoms with Gasteiger partial charge in [-0.25, -0.2) is 18.0 Å². The molecule has 9 heteroatoms. The molecule has 0 aliphatic heterocycles. The summed E-state index contributed by atoms with van der Waals surface area (Å²) in [5.41, 5.74) is -2.06. The molecular formula is C9H18N2O6S. The molecule has 1 atom stereocenters. The van der Waals surface area contributed by atoms with Crippen molar-refractivity contribution >= 4 is 21.8 Å². The topological polar surface area (TPSA) is 124 Å². The quantitative estimate of drug-likeness (QED) is 0.545. The van der Waals surface area contributed by atoms with Gasteiger partial charge in [-0.1, -0.05) is 0 Å². The van der Waals surface area contributed by atoms with Gasteiger partial charge in [0.1, 0.15) is 9.84 Å². The van der Waals surface area contributed by atoms with Crippen molar-refractivity contribution in [3.63, 3.8) is 0 Å². The predicted molar refractivity (Wildman–Crippen MR) is 64.0 cm³/mol. The van der Waals surface area contributed by atoms with Crippen LogP contribution in [0.3, 0.4) is 0 Å². The molecule has 0 aromatic heterocycles. The molecule has 0 radical (unpaired) electrons. The second-order valence-electron chi connectivity index (χ2n) is 4.29. The van der Waals surface area contributed by atoms with Crippen LogP contribution >= 0.6 is 0 Å². The molecule has 0 aliphatic rings. The third-order valence-electron chi connectivity index (χ3n) is 2.19. The smallest absolute Gasteiger partial charge is 0.337 e. The van der Waals surface area contributed by atoms with E-state index in [2.05, 4.69) is 5.32 Å². The maximum Gasteiger partial charge on any atom is 0.337 e. The minimum atomic E-state index is -3.17. The van der Waals surface area contributed by atoms with Gasteiger partial charge in [0.05, 0.1) is 12.3 Å². The molecule has 18 heavy (non-hydrogen) atoms. The van der Waals surface area contributed by atoms with Gasteiger partial charge in [0.25, 0.3) is 0 Å². The minimum absolute atomic E-state index is 0.0140. The molecule has 3 N–H and O–H groups in total. The van der Waals surface area contributed by atoms with Gasteiger partial charge in [0.2, 0.25) is 0 Å². The van der Waals surface area contributed by atoms with Crippen LogP contribution in [0.15, 0.2) is 0 Å². The van der Waals surface area contributed by atoms with Crippen molar-refractivity contribution in [3.8, 4) is 0 Å². The second kappa shape index (κ2) is 6.01. The number of carbonyl (C=O) groups is 2. The van der Waals surface area contributed by atoms with Crippen molar-refractivity contribution < 1.29 is 28.2 Å². The van der Waals surface area contributed by atoms with Gasteiger partial charge in [0, 0.05) is 19.8 Å². The van der Waals surface area contributed by atoms with E-state index in [1.807, 2.05) is 0 Å². The Kier molecular flexibility index (Phi) is 5.55. The molecule has 0 saturated carbocycles. The van der Waals surface area contributed by atoms with Crippen LogP contribution in [0.5, 0.6) is 0 Å². The third-order valence-corrected chi connectivity index (χ3v) is 3.11. The zero-order valence-corrected chi connectivity index (χ0v) is 11.3. The van der Waals surface area contributed by atoms with Crippen LogP contribution in [0.25, 0.3) is 0 Å². The van der Waals surface area contributed by atoms with E-state index in [-0.39, 0.29) is 12.3 Å². The number of aliphatic hydroxyl groups is 1. The summed E-state index contributed by atoms with van der Waals surface area (Å²) in [6.07, 6.45) is 1.05. The number of aliphatic carboxylic acids is 1. The van der Waals surface area contributed by atoms with E-state index in [0.717, 1.165) is 18.1 Å². The normalized spacial score (nSPS) is 14.7. The van der Waals surface area contributed by atoms with Crippen LogP contribution < -0.4 is 5.32 Å². The molecule has 2 amide bonds. The number of amides is 2. The number of rotatable bonds is 6. The van der Waals surface area contributed by atoms with Gasteiger partial charge >= 0.3 is 12.0 Å². The fraction of sp³-hybridized carbons (Fsp3) is 0.778. The van der Waals surface area contributed by atoms with E-state index >= 15 is 0 Å². The molecule has 1 unspecified atom stereocenters. The molecular weight excluding hydrogens is 264 g/mol. The molecule has 8 nitrogen and oxygen atoms in total. The Bertz CT molecular complexity index is 417. The lowest BCUT2D eigenvalue weighted by Crippen LogP contribution is -2.49. The SMILES string of the molecule is CN(CCS(C)(=O)=O)C(=O)NCC(C)(O)C(=O)O. The number of carbonyl (C=O) groups excluding carboxylic acids is 1. The van der Waals surface area contributed by atoms with E-state index in [4.69, 9.17) is 5.11 Å². The molecule has 0 heterocycles. The first kappa shape index (κ1) is 16.6. The van der Waals surface area contributed by atoms with Crippen molar-refractivity contribution in [1.82, 2.24) is 10.2 Å². The van der Waals surface area contributed by atoms with Gasteiger partial charge in [-0.3, -0.25) is 0 Å². The van der Waals surface area contributed by atoms with E-state index in [9.17, 15) is 23.1 Å². The first-order chi connectivity index (χ1) is 7.96. The largest absolute Gasteiger partial charge is 0.479 e. The van der Waals surface area contributed by atoms with Crippen LogP contribution in [0.2, 0.25) is 0 Å². The van der Waals surface area contributed by atoms with Crippen molar-refractivity contribution in [2.45, 2.75) is 12.5 Å². The summed E-state index contributed by atoms with van der Waals surface area (Å²) >= 11 is 0. The van der Waals surface area contributed by atoms with Crippen LogP contribution in [0.1, 0.15) is 6.92 Å². The van der Waals surface area contributed by atoms with Crippen LogP contribution in [-0.2, 0) is 14.6 Å². The van der Waals surface area contributed by atoms with Gasteiger partial charge in [-0.15, -0.1) is 0 Å². The maximum absolute atomic E-state index is 11.4. The monoisotopic (exact) mass is 282 g/mol. The Hall–Kier alpha value is -1.35. The summed E-state index contributed by atoms with van der Waals surface area (Å²) in [5, 5.41) is 20.2. The Balaban J connectivity index is 4.22. The summed E-state index contributed by atoms with van der Waals surface area (Å²) in [5.74, 6) is -1.65. The molecule has 0 aliphatic carbocycles. The first-order valence-corrected chi connectivity index (χ1v) is 7.14. The Labute approximate surface area is 106 Å². The second-order valence-corrected chi connectivity index (χ2v) is 6.55. The van der Waals surface area contributed by atoms with Crippen molar-refractivity contribution in [2.75, 3.05) is 32.1 Å². The van der Waals surface area contributed by atoms with Crippen molar-refractivity contribution in [2.24, 2.45) is 0 Å². The molecule has 0 rings (SSSR count). The number of nitrogens with one attached hydrogen (secondary N) is 1. The minimum Gasteiger partial charge on any atom is -0.479 e. The summed E-state index contributed by atoms with van der Waals surface area (Å²) in [7, 11) is -1.80. The fourth-order valence-corrected chi connectivity index (χ4v) is 1.47. The highest BCUT2D eigenvalue weighted by atomic mass is 32.2. The van der Waals surface area contributed by atoms with E-state index in [0.29, 0.717) is 0 Å². The van der Waals surface area contributed by atoms with E-state index < -0.39 is 34.0 Å². The zero-order chi connectivity index (χ0) is 14.6. The predicted octanol–water partition coefficient (Wildman–Crippen LogP) is -1.49. The van der Waals surface area contributed by atoms with E-state index in [1.54, 1.807) is 0 Å². The van der Waals surface area contributed by atoms with Crippen LogP contribution in [0.4, 0.5) is 4.79 Å². The standard InChI is InChI=1S/C9H18N2O6S/c1-9(15,7(12)13)6-10-8(14)11(2)4-5-18(3,16)17/h15H,4-6H2,1-3H3,(H,10,14)(H,12,13). The summed E-state index contributed by atoms with van der Waals surface area (Å²) in [6.45, 7) is 0.566. The van der Waals surface area contributed by atoms with Gasteiger partial charge in [0.15, 0.2) is 5.60 Å². The molecule has 106 valence electrons. The number of hydrogen-bond donors (Lipinski definition) is 3. The van der Waals surface area contributed by atoms with Crippen LogP contribution in [-0.4, -0.2) is 73.3 Å². The average molecular weight is 282 g/mol. The average Bonchev–Trinajstić information content (AvgIpc) is 2.21. The van der Waals surface area contributed by atoms with Gasteiger partial charge in [-0.05, 0) is 6.92 Å². The molecule has 0 bridgehead atoms. The summed E-state index contributed by atoms with van der Waals surface area (Å²) < 4.78 is 21.8. The number of hydrogen-bond acceptors (Lipinski definition) is 5. The zero-order valence-electron chi connectivity index (χ0n) is 10.5. The highest BCUT2D eigenvalue weighted by molar-refractivity contribution is 7.90. The highest BCUT2D eigenvalue weighted by Crippen LogP contribution is 2.01. The first-order valence-electron chi connectivity index (χ1n) is 5.08. The summed E-state index contributed by atoms with van der Waals surface area (Å²) in [6, 6.07) is -0.653. The number of urea groups is 1. The van der Waals surface area contributed by atoms with E-state index in [1.165, 1.54) is 7.05 Å². The molecule has 0 aromatic carbocycles. The van der Waals surface area contributed by atoms with Gasteiger partial charge < -0.3 is 20.4 Å². The summed E-state index contributed by atoms with van der Waals surface area (Å²) in [4.78, 5) is 23.1. The van der Waals surface area contributed by atoms with Crippen molar-refractivity contribution in [3.05, 3.63) is 0 Å². The number of nitrogens with zero attached hydrogens (tertiary/aromatic N) is 1. The van der Waals surface area contributed by atoms with Crippen LogP contribution in [0, 0.1) is 0 Å². The highest BCUT2D eigenvalue weighted by Gasteiger charge is 2.30. The maximum atomic E-state index is 11.4. The van der Waals surface area contributed by atoms with Crippen molar-refractivity contribution in [1.29, 1.82) is 0 Å². The third kappa shape index (κ3) is 6.40. The van der Waals surface area contributed by atoms with Gasteiger partial charge in [-0.2, -0.15) is 0 Å². The Morgan fingerprint density at radius 1 is 1.39 bits per heavy atom. The number of carboxylic acid groups (broad SMARTS) is 1. The fourth-order valence-electron chi connectivity index (χ4n) is 0.863. The molecule has 0 aromatic rings. The molecule has 0 saturated heterocycles. The Morgan fingerprint density at radius 3 is 2.28 bits per heavy atom. The Morgan fingerprint density at radius 2 is 1.89 bits per heavy atom.